The zero-order valence-corrected chi connectivity index (χ0v) is 12.0. The molecule has 1 aromatic heterocycles. The van der Waals surface area contributed by atoms with Crippen molar-refractivity contribution in [2.45, 2.75) is 18.6 Å². The first kappa shape index (κ1) is 13.3. The second-order valence-electron chi connectivity index (χ2n) is 5.97. The van der Waals surface area contributed by atoms with Crippen molar-refractivity contribution >= 4 is 6.09 Å². The Kier molecular flexibility index (Phi) is 2.94. The Morgan fingerprint density at radius 3 is 2.91 bits per heavy atom. The van der Waals surface area contributed by atoms with Gasteiger partial charge in [0, 0.05) is 18.0 Å². The summed E-state index contributed by atoms with van der Waals surface area (Å²) in [6.07, 6.45) is 2.65. The number of β-amino-alcohol motifs (C(OH)–C–C–N with tert-alkyl or cyclic N) is 1. The van der Waals surface area contributed by atoms with Gasteiger partial charge in [-0.25, -0.2) is 9.78 Å². The van der Waals surface area contributed by atoms with Crippen molar-refractivity contribution in [2.24, 2.45) is 5.92 Å². The normalized spacial score (nSPS) is 26.6. The third kappa shape index (κ3) is 1.84. The van der Waals surface area contributed by atoms with Crippen molar-refractivity contribution in [3.63, 3.8) is 0 Å². The standard InChI is InChI=1S/C16H17N3O3/c20-14-8-18(16(21)22)6-5-12(14)15-11-4-2-1-3-10(11)13-7-17-9-19(13)15/h1-4,7,9,12,14-15,20H,5-6,8H2,(H,21,22)/t12-,14-,15+/m0/s1. The summed E-state index contributed by atoms with van der Waals surface area (Å²) in [5.41, 5.74) is 3.40. The third-order valence-electron chi connectivity index (χ3n) is 4.83. The lowest BCUT2D eigenvalue weighted by Crippen LogP contribution is -2.48. The molecule has 2 N–H and O–H groups in total. The highest BCUT2D eigenvalue weighted by Gasteiger charge is 2.40. The molecule has 0 radical (unpaired) electrons. The summed E-state index contributed by atoms with van der Waals surface area (Å²) in [5, 5.41) is 19.6. The molecule has 114 valence electrons. The van der Waals surface area contributed by atoms with Gasteiger partial charge in [-0.15, -0.1) is 0 Å². The van der Waals surface area contributed by atoms with Crippen LogP contribution < -0.4 is 0 Å². The molecule has 0 aliphatic carbocycles. The third-order valence-corrected chi connectivity index (χ3v) is 4.83. The number of fused-ring (bicyclic) bond motifs is 3. The number of imidazole rings is 1. The Morgan fingerprint density at radius 1 is 1.32 bits per heavy atom. The number of hydrogen-bond acceptors (Lipinski definition) is 3. The van der Waals surface area contributed by atoms with Crippen molar-refractivity contribution in [1.82, 2.24) is 14.5 Å². The molecule has 0 bridgehead atoms. The molecule has 0 spiro atoms. The first-order chi connectivity index (χ1) is 10.7. The highest BCUT2D eigenvalue weighted by Crippen LogP contribution is 2.45. The number of piperidine rings is 1. The molecule has 2 aliphatic heterocycles. The van der Waals surface area contributed by atoms with Crippen LogP contribution in [0.3, 0.4) is 0 Å². The molecular formula is C16H17N3O3. The summed E-state index contributed by atoms with van der Waals surface area (Å²) in [7, 11) is 0. The summed E-state index contributed by atoms with van der Waals surface area (Å²) in [4.78, 5) is 16.6. The summed E-state index contributed by atoms with van der Waals surface area (Å²) in [5.74, 6) is -0.00722. The molecular weight excluding hydrogens is 282 g/mol. The molecule has 1 saturated heterocycles. The Bertz CT molecular complexity index is 727. The predicted octanol–water partition coefficient (Wildman–Crippen LogP) is 1.81. The highest BCUT2D eigenvalue weighted by molar-refractivity contribution is 5.69. The van der Waals surface area contributed by atoms with Crippen LogP contribution in [0.25, 0.3) is 11.3 Å². The van der Waals surface area contributed by atoms with Crippen LogP contribution in [0, 0.1) is 5.92 Å². The number of likely N-dealkylation sites (tertiary alicyclic amines) is 1. The first-order valence-corrected chi connectivity index (χ1v) is 7.44. The molecule has 3 heterocycles. The van der Waals surface area contributed by atoms with Crippen LogP contribution in [0.1, 0.15) is 18.0 Å². The number of carboxylic acid groups (broad SMARTS) is 1. The maximum Gasteiger partial charge on any atom is 0.407 e. The number of aliphatic hydroxyl groups excluding tert-OH is 1. The van der Waals surface area contributed by atoms with Gasteiger partial charge in [0.05, 0.1) is 36.9 Å². The van der Waals surface area contributed by atoms with Crippen LogP contribution in [-0.4, -0.2) is 50.0 Å². The van der Waals surface area contributed by atoms with E-state index in [1.165, 1.54) is 10.5 Å². The molecule has 2 aliphatic rings. The zero-order chi connectivity index (χ0) is 15.3. The quantitative estimate of drug-likeness (QED) is 0.842. The van der Waals surface area contributed by atoms with E-state index >= 15 is 0 Å². The van der Waals surface area contributed by atoms with Crippen molar-refractivity contribution in [3.8, 4) is 11.3 Å². The van der Waals surface area contributed by atoms with Crippen LogP contribution in [0.4, 0.5) is 4.79 Å². The summed E-state index contributed by atoms with van der Waals surface area (Å²) < 4.78 is 2.11. The van der Waals surface area contributed by atoms with E-state index in [2.05, 4.69) is 21.7 Å². The Morgan fingerprint density at radius 2 is 2.14 bits per heavy atom. The molecule has 1 fully saturated rings. The van der Waals surface area contributed by atoms with Gasteiger partial charge in [0.25, 0.3) is 0 Å². The first-order valence-electron chi connectivity index (χ1n) is 7.44. The van der Waals surface area contributed by atoms with Gasteiger partial charge < -0.3 is 19.7 Å². The zero-order valence-electron chi connectivity index (χ0n) is 12.0. The SMILES string of the molecule is O=C(O)N1CC[C@H]([C@H]2c3ccccc3-c3cncn32)[C@@H](O)C1. The van der Waals surface area contributed by atoms with E-state index < -0.39 is 12.2 Å². The number of hydrogen-bond donors (Lipinski definition) is 2. The number of amides is 1. The molecule has 3 atom stereocenters. The molecule has 22 heavy (non-hydrogen) atoms. The maximum atomic E-state index is 11.1. The Balaban J connectivity index is 1.70. The van der Waals surface area contributed by atoms with Crippen LogP contribution in [0.5, 0.6) is 0 Å². The van der Waals surface area contributed by atoms with Gasteiger partial charge in [-0.2, -0.15) is 0 Å². The van der Waals surface area contributed by atoms with Crippen LogP contribution >= 0.6 is 0 Å². The number of carbonyl (C=O) groups is 1. The number of nitrogens with zero attached hydrogens (tertiary/aromatic N) is 3. The van der Waals surface area contributed by atoms with Gasteiger partial charge in [-0.05, 0) is 12.0 Å². The monoisotopic (exact) mass is 299 g/mol. The molecule has 4 rings (SSSR count). The van der Waals surface area contributed by atoms with E-state index in [1.807, 2.05) is 18.3 Å². The average molecular weight is 299 g/mol. The predicted molar refractivity (Wildman–Crippen MR) is 79.5 cm³/mol. The van der Waals surface area contributed by atoms with Crippen molar-refractivity contribution in [3.05, 3.63) is 42.4 Å². The molecule has 0 unspecified atom stereocenters. The minimum Gasteiger partial charge on any atom is -0.465 e. The smallest absolute Gasteiger partial charge is 0.407 e. The second-order valence-corrected chi connectivity index (χ2v) is 5.97. The Labute approximate surface area is 127 Å². The lowest BCUT2D eigenvalue weighted by atomic mass is 9.83. The van der Waals surface area contributed by atoms with E-state index in [4.69, 9.17) is 5.11 Å². The van der Waals surface area contributed by atoms with Crippen molar-refractivity contribution in [1.29, 1.82) is 0 Å². The largest absolute Gasteiger partial charge is 0.465 e. The van der Waals surface area contributed by atoms with E-state index in [9.17, 15) is 9.90 Å². The van der Waals surface area contributed by atoms with Gasteiger partial charge in [0.15, 0.2) is 0 Å². The van der Waals surface area contributed by atoms with Crippen molar-refractivity contribution in [2.75, 3.05) is 13.1 Å². The van der Waals surface area contributed by atoms with Gasteiger partial charge >= 0.3 is 6.09 Å². The van der Waals surface area contributed by atoms with Crippen LogP contribution in [0.2, 0.25) is 0 Å². The van der Waals surface area contributed by atoms with Crippen molar-refractivity contribution < 1.29 is 15.0 Å². The highest BCUT2D eigenvalue weighted by atomic mass is 16.4. The van der Waals surface area contributed by atoms with Crippen LogP contribution in [0.15, 0.2) is 36.8 Å². The fraction of sp³-hybridized carbons (Fsp3) is 0.375. The van der Waals surface area contributed by atoms with E-state index in [0.29, 0.717) is 13.0 Å². The lowest BCUT2D eigenvalue weighted by Gasteiger charge is -2.38. The average Bonchev–Trinajstić information content (AvgIpc) is 3.08. The van der Waals surface area contributed by atoms with Crippen LogP contribution in [-0.2, 0) is 0 Å². The summed E-state index contributed by atoms with van der Waals surface area (Å²) in [6, 6.07) is 8.19. The van der Waals surface area contributed by atoms with E-state index in [1.54, 1.807) is 6.33 Å². The molecule has 6 nitrogen and oxygen atoms in total. The second kappa shape index (κ2) is 4.84. The fourth-order valence-electron chi connectivity index (χ4n) is 3.80. The molecule has 1 amide bonds. The summed E-state index contributed by atoms with van der Waals surface area (Å²) in [6.45, 7) is 0.627. The summed E-state index contributed by atoms with van der Waals surface area (Å²) >= 11 is 0. The number of aromatic nitrogens is 2. The minimum absolute atomic E-state index is 0.00722. The van der Waals surface area contributed by atoms with Gasteiger partial charge in [0.1, 0.15) is 0 Å². The maximum absolute atomic E-state index is 11.1. The van der Waals surface area contributed by atoms with Gasteiger partial charge in [-0.1, -0.05) is 24.3 Å². The number of rotatable bonds is 1. The lowest BCUT2D eigenvalue weighted by molar-refractivity contribution is 0.0111. The molecule has 2 aromatic rings. The van der Waals surface area contributed by atoms with E-state index in [-0.39, 0.29) is 18.5 Å². The fourth-order valence-corrected chi connectivity index (χ4v) is 3.80. The van der Waals surface area contributed by atoms with Gasteiger partial charge in [-0.3, -0.25) is 0 Å². The molecule has 0 saturated carbocycles. The minimum atomic E-state index is -0.965. The molecule has 1 aromatic carbocycles. The number of benzene rings is 1. The number of aliphatic hydroxyl groups is 1. The van der Waals surface area contributed by atoms with E-state index in [0.717, 1.165) is 11.3 Å². The topological polar surface area (TPSA) is 78.6 Å². The Hall–Kier alpha value is -2.34. The van der Waals surface area contributed by atoms with Gasteiger partial charge in [0.2, 0.25) is 0 Å². The molecule has 6 heteroatoms.